The number of hydrogen-bond donors (Lipinski definition) is 1. The average molecular weight is 224 g/mol. The first-order chi connectivity index (χ1) is 8.13. The monoisotopic (exact) mass is 224 g/mol. The lowest BCUT2D eigenvalue weighted by Crippen LogP contribution is -2.12. The Labute approximate surface area is 99.4 Å². The molecule has 0 fully saturated rings. The van der Waals surface area contributed by atoms with Gasteiger partial charge in [0.05, 0.1) is 0 Å². The summed E-state index contributed by atoms with van der Waals surface area (Å²) in [6, 6.07) is 11.5. The summed E-state index contributed by atoms with van der Waals surface area (Å²) in [5.41, 5.74) is 3.28. The van der Waals surface area contributed by atoms with Crippen molar-refractivity contribution in [1.29, 1.82) is 5.26 Å². The summed E-state index contributed by atoms with van der Waals surface area (Å²) in [6.07, 6.45) is 0. The third-order valence-electron chi connectivity index (χ3n) is 2.71. The number of aromatic amines is 1. The van der Waals surface area contributed by atoms with E-state index in [0.29, 0.717) is 5.56 Å². The first-order valence-electron chi connectivity index (χ1n) is 5.33. The minimum Gasteiger partial charge on any atom is -0.325 e. The number of aromatic nitrogens is 1. The molecule has 0 aliphatic rings. The van der Waals surface area contributed by atoms with Gasteiger partial charge in [0.15, 0.2) is 0 Å². The Kier molecular flexibility index (Phi) is 2.80. The topological polar surface area (TPSA) is 56.6 Å². The Balaban J connectivity index is 2.81. The lowest BCUT2D eigenvalue weighted by molar-refractivity contribution is 1.13. The number of pyridine rings is 1. The quantitative estimate of drug-likeness (QED) is 0.809. The van der Waals surface area contributed by atoms with Crippen LogP contribution in [0.5, 0.6) is 0 Å². The highest BCUT2D eigenvalue weighted by atomic mass is 16.1. The molecule has 0 spiro atoms. The molecule has 1 aromatic carbocycles. The van der Waals surface area contributed by atoms with Crippen LogP contribution < -0.4 is 5.56 Å². The van der Waals surface area contributed by atoms with Gasteiger partial charge in [0.25, 0.3) is 5.56 Å². The molecule has 0 saturated carbocycles. The van der Waals surface area contributed by atoms with Gasteiger partial charge in [-0.15, -0.1) is 0 Å². The SMILES string of the molecule is Cc1cc(-c2ccccc2C)c(C#N)c(=O)[nH]1. The summed E-state index contributed by atoms with van der Waals surface area (Å²) in [4.78, 5) is 14.3. The maximum absolute atomic E-state index is 11.7. The molecular weight excluding hydrogens is 212 g/mol. The summed E-state index contributed by atoms with van der Waals surface area (Å²) in [7, 11) is 0. The van der Waals surface area contributed by atoms with E-state index >= 15 is 0 Å². The molecule has 3 nitrogen and oxygen atoms in total. The summed E-state index contributed by atoms with van der Waals surface area (Å²) in [5.74, 6) is 0. The first kappa shape index (κ1) is 11.2. The molecule has 0 unspecified atom stereocenters. The van der Waals surface area contributed by atoms with Crippen LogP contribution in [-0.4, -0.2) is 4.98 Å². The van der Waals surface area contributed by atoms with E-state index < -0.39 is 0 Å². The van der Waals surface area contributed by atoms with Crippen molar-refractivity contribution in [3.05, 3.63) is 57.5 Å². The highest BCUT2D eigenvalue weighted by Gasteiger charge is 2.11. The molecule has 1 heterocycles. The largest absolute Gasteiger partial charge is 0.325 e. The van der Waals surface area contributed by atoms with E-state index in [1.165, 1.54) is 0 Å². The second-order valence-corrected chi connectivity index (χ2v) is 4.00. The van der Waals surface area contributed by atoms with Crippen LogP contribution in [0.25, 0.3) is 11.1 Å². The number of benzene rings is 1. The van der Waals surface area contributed by atoms with Crippen molar-refractivity contribution in [1.82, 2.24) is 4.98 Å². The van der Waals surface area contributed by atoms with Crippen LogP contribution in [-0.2, 0) is 0 Å². The molecule has 17 heavy (non-hydrogen) atoms. The maximum Gasteiger partial charge on any atom is 0.266 e. The van der Waals surface area contributed by atoms with E-state index in [1.54, 1.807) is 0 Å². The van der Waals surface area contributed by atoms with Crippen molar-refractivity contribution in [2.45, 2.75) is 13.8 Å². The van der Waals surface area contributed by atoms with Crippen molar-refractivity contribution in [2.75, 3.05) is 0 Å². The minimum atomic E-state index is -0.328. The molecule has 0 radical (unpaired) electrons. The molecule has 2 rings (SSSR count). The van der Waals surface area contributed by atoms with Gasteiger partial charge in [-0.3, -0.25) is 4.79 Å². The number of nitrogens with one attached hydrogen (secondary N) is 1. The Hall–Kier alpha value is -2.34. The molecule has 0 amide bonds. The third-order valence-corrected chi connectivity index (χ3v) is 2.71. The van der Waals surface area contributed by atoms with Crippen molar-refractivity contribution in [3.63, 3.8) is 0 Å². The van der Waals surface area contributed by atoms with E-state index in [0.717, 1.165) is 16.8 Å². The molecule has 0 atom stereocenters. The molecule has 2 aromatic rings. The Bertz CT molecular complexity index is 663. The Morgan fingerprint density at radius 3 is 2.53 bits per heavy atom. The van der Waals surface area contributed by atoms with Crippen LogP contribution in [0.3, 0.4) is 0 Å². The van der Waals surface area contributed by atoms with Gasteiger partial charge < -0.3 is 4.98 Å². The maximum atomic E-state index is 11.7. The van der Waals surface area contributed by atoms with Crippen molar-refractivity contribution in [2.24, 2.45) is 0 Å². The molecule has 0 saturated heterocycles. The third kappa shape index (κ3) is 1.98. The van der Waals surface area contributed by atoms with Crippen LogP contribution in [0.1, 0.15) is 16.8 Å². The molecule has 0 aliphatic heterocycles. The fraction of sp³-hybridized carbons (Fsp3) is 0.143. The number of nitriles is 1. The molecule has 84 valence electrons. The average Bonchev–Trinajstić information content (AvgIpc) is 2.28. The van der Waals surface area contributed by atoms with E-state index in [9.17, 15) is 4.79 Å². The zero-order valence-corrected chi connectivity index (χ0v) is 9.74. The van der Waals surface area contributed by atoms with Gasteiger partial charge in [-0.25, -0.2) is 0 Å². The number of hydrogen-bond acceptors (Lipinski definition) is 2. The fourth-order valence-electron chi connectivity index (χ4n) is 1.89. The Morgan fingerprint density at radius 2 is 1.88 bits per heavy atom. The molecular formula is C14H12N2O. The van der Waals surface area contributed by atoms with Gasteiger partial charge in [-0.1, -0.05) is 24.3 Å². The van der Waals surface area contributed by atoms with Crippen molar-refractivity contribution < 1.29 is 0 Å². The summed E-state index contributed by atoms with van der Waals surface area (Å²) >= 11 is 0. The standard InChI is InChI=1S/C14H12N2O/c1-9-5-3-4-6-11(9)12-7-10(2)16-14(17)13(12)8-15/h3-7H,1-2H3,(H,16,17). The Morgan fingerprint density at radius 1 is 1.18 bits per heavy atom. The number of aryl methyl sites for hydroxylation is 2. The number of H-pyrrole nitrogens is 1. The lowest BCUT2D eigenvalue weighted by Gasteiger charge is -2.08. The fourth-order valence-corrected chi connectivity index (χ4v) is 1.89. The van der Waals surface area contributed by atoms with E-state index in [-0.39, 0.29) is 11.1 Å². The van der Waals surface area contributed by atoms with Gasteiger partial charge in [-0.2, -0.15) is 5.26 Å². The minimum absolute atomic E-state index is 0.171. The van der Waals surface area contributed by atoms with E-state index in [1.807, 2.05) is 50.2 Å². The zero-order chi connectivity index (χ0) is 12.4. The molecule has 0 aliphatic carbocycles. The van der Waals surface area contributed by atoms with Crippen LogP contribution >= 0.6 is 0 Å². The second kappa shape index (κ2) is 4.26. The smallest absolute Gasteiger partial charge is 0.266 e. The number of rotatable bonds is 1. The first-order valence-corrected chi connectivity index (χ1v) is 5.33. The summed E-state index contributed by atoms with van der Waals surface area (Å²) in [6.45, 7) is 3.78. The molecule has 0 bridgehead atoms. The number of nitrogens with zero attached hydrogens (tertiary/aromatic N) is 1. The molecule has 3 heteroatoms. The van der Waals surface area contributed by atoms with Gasteiger partial charge in [0.1, 0.15) is 11.6 Å². The summed E-state index contributed by atoms with van der Waals surface area (Å²) < 4.78 is 0. The predicted octanol–water partition coefficient (Wildman–Crippen LogP) is 2.53. The van der Waals surface area contributed by atoms with Gasteiger partial charge in [-0.05, 0) is 31.0 Å². The van der Waals surface area contributed by atoms with Gasteiger partial charge >= 0.3 is 0 Å². The van der Waals surface area contributed by atoms with Crippen molar-refractivity contribution in [3.8, 4) is 17.2 Å². The second-order valence-electron chi connectivity index (χ2n) is 4.00. The predicted molar refractivity (Wildman–Crippen MR) is 66.7 cm³/mol. The van der Waals surface area contributed by atoms with Crippen LogP contribution in [0, 0.1) is 25.2 Å². The highest BCUT2D eigenvalue weighted by Crippen LogP contribution is 2.24. The van der Waals surface area contributed by atoms with E-state index in [4.69, 9.17) is 5.26 Å². The highest BCUT2D eigenvalue weighted by molar-refractivity contribution is 5.72. The van der Waals surface area contributed by atoms with Crippen LogP contribution in [0.4, 0.5) is 0 Å². The lowest BCUT2D eigenvalue weighted by atomic mass is 9.97. The summed E-state index contributed by atoms with van der Waals surface area (Å²) in [5, 5.41) is 9.07. The zero-order valence-electron chi connectivity index (χ0n) is 9.74. The van der Waals surface area contributed by atoms with Gasteiger partial charge in [0, 0.05) is 11.3 Å². The van der Waals surface area contributed by atoms with Crippen molar-refractivity contribution >= 4 is 0 Å². The molecule has 1 aromatic heterocycles. The van der Waals surface area contributed by atoms with Crippen LogP contribution in [0.2, 0.25) is 0 Å². The van der Waals surface area contributed by atoms with Crippen LogP contribution in [0.15, 0.2) is 35.1 Å². The normalized spacial score (nSPS) is 9.94. The van der Waals surface area contributed by atoms with E-state index in [2.05, 4.69) is 4.98 Å². The van der Waals surface area contributed by atoms with Gasteiger partial charge in [0.2, 0.25) is 0 Å². The molecule has 1 N–H and O–H groups in total.